The van der Waals surface area contributed by atoms with E-state index in [0.29, 0.717) is 0 Å². The predicted octanol–water partition coefficient (Wildman–Crippen LogP) is 2.39. The number of aliphatic imine (C=N–C) groups is 1. The number of likely N-dealkylation sites (N-methyl/N-ethyl adjacent to an activating group) is 1. The van der Waals surface area contributed by atoms with E-state index in [9.17, 15) is 4.79 Å². The van der Waals surface area contributed by atoms with Crippen LogP contribution in [0.5, 0.6) is 0 Å². The Labute approximate surface area is 153 Å². The predicted molar refractivity (Wildman–Crippen MR) is 105 cm³/mol. The molecule has 25 heavy (non-hydrogen) atoms. The Kier molecular flexibility index (Phi) is 5.71. The maximum absolute atomic E-state index is 12.6. The molecule has 1 aliphatic rings. The van der Waals surface area contributed by atoms with E-state index >= 15 is 0 Å². The summed E-state index contributed by atoms with van der Waals surface area (Å²) in [4.78, 5) is 22.2. The summed E-state index contributed by atoms with van der Waals surface area (Å²) >= 11 is 1.77. The van der Waals surface area contributed by atoms with Gasteiger partial charge < -0.3 is 15.1 Å². The molecular formula is C19H24N4OS. The molecule has 0 spiro atoms. The summed E-state index contributed by atoms with van der Waals surface area (Å²) in [6.07, 6.45) is 1.90. The van der Waals surface area contributed by atoms with Gasteiger partial charge in [-0.05, 0) is 35.9 Å². The van der Waals surface area contributed by atoms with Gasteiger partial charge in [-0.2, -0.15) is 0 Å². The number of guanidine groups is 1. The third kappa shape index (κ3) is 4.20. The molecule has 3 rings (SSSR count). The number of hydrogen-bond donors (Lipinski definition) is 1. The molecule has 0 bridgehead atoms. The number of hydrogen-bond acceptors (Lipinski definition) is 3. The van der Waals surface area contributed by atoms with Crippen molar-refractivity contribution in [3.05, 3.63) is 52.2 Å². The topological polar surface area (TPSA) is 47.9 Å². The first-order valence-electron chi connectivity index (χ1n) is 8.51. The summed E-state index contributed by atoms with van der Waals surface area (Å²) in [5.74, 6) is 0.829. The van der Waals surface area contributed by atoms with Gasteiger partial charge in [0.15, 0.2) is 5.96 Å². The van der Waals surface area contributed by atoms with Crippen molar-refractivity contribution in [1.82, 2.24) is 10.2 Å². The first kappa shape index (κ1) is 17.5. The highest BCUT2D eigenvalue weighted by atomic mass is 32.1. The Balaban J connectivity index is 1.52. The fraction of sp³-hybridized carbons (Fsp3) is 0.368. The van der Waals surface area contributed by atoms with Crippen molar-refractivity contribution in [2.45, 2.75) is 12.8 Å². The second kappa shape index (κ2) is 8.16. The lowest BCUT2D eigenvalue weighted by Gasteiger charge is -2.23. The standard InChI is InChI=1S/C19H24N4OS/c1-20-19(22(2)11-10-16-7-5-13-25-16)21-14-18(24)23-12-9-15-6-3-4-8-17(15)23/h3-8,13H,9-12,14H2,1-2H3,(H,20,21). The number of rotatable bonds is 5. The lowest BCUT2D eigenvalue weighted by molar-refractivity contribution is -0.117. The number of amides is 1. The molecule has 0 fully saturated rings. The van der Waals surface area contributed by atoms with E-state index < -0.39 is 0 Å². The van der Waals surface area contributed by atoms with Gasteiger partial charge >= 0.3 is 0 Å². The Bertz CT molecular complexity index is 742. The summed E-state index contributed by atoms with van der Waals surface area (Å²) in [6, 6.07) is 12.3. The summed E-state index contributed by atoms with van der Waals surface area (Å²) in [7, 11) is 3.75. The normalized spacial score (nSPS) is 13.7. The number of para-hydroxylation sites is 1. The average molecular weight is 356 g/mol. The molecule has 0 unspecified atom stereocenters. The van der Waals surface area contributed by atoms with E-state index in [-0.39, 0.29) is 12.5 Å². The lowest BCUT2D eigenvalue weighted by Crippen LogP contribution is -2.45. The highest BCUT2D eigenvalue weighted by molar-refractivity contribution is 7.09. The third-order valence-corrected chi connectivity index (χ3v) is 5.37. The van der Waals surface area contributed by atoms with Crippen molar-refractivity contribution in [2.75, 3.05) is 38.6 Å². The summed E-state index contributed by atoms with van der Waals surface area (Å²) in [5.41, 5.74) is 2.28. The quantitative estimate of drug-likeness (QED) is 0.661. The maximum Gasteiger partial charge on any atom is 0.246 e. The van der Waals surface area contributed by atoms with Crippen LogP contribution in [-0.4, -0.2) is 50.5 Å². The molecule has 1 aliphatic heterocycles. The molecule has 1 amide bonds. The van der Waals surface area contributed by atoms with Crippen LogP contribution in [0.4, 0.5) is 5.69 Å². The van der Waals surface area contributed by atoms with Crippen LogP contribution in [-0.2, 0) is 17.6 Å². The van der Waals surface area contributed by atoms with E-state index in [1.54, 1.807) is 18.4 Å². The molecule has 1 aromatic heterocycles. The van der Waals surface area contributed by atoms with Crippen molar-refractivity contribution in [2.24, 2.45) is 4.99 Å². The zero-order valence-corrected chi connectivity index (χ0v) is 15.6. The number of benzene rings is 1. The Morgan fingerprint density at radius 2 is 2.16 bits per heavy atom. The molecule has 132 valence electrons. The van der Waals surface area contributed by atoms with Gasteiger partial charge in [0.05, 0.1) is 6.54 Å². The maximum atomic E-state index is 12.6. The first-order valence-corrected chi connectivity index (χ1v) is 9.39. The fourth-order valence-corrected chi connectivity index (χ4v) is 3.77. The van der Waals surface area contributed by atoms with Crippen LogP contribution in [0.1, 0.15) is 10.4 Å². The Morgan fingerprint density at radius 3 is 2.92 bits per heavy atom. The molecule has 0 atom stereocenters. The average Bonchev–Trinajstić information content (AvgIpc) is 3.29. The monoisotopic (exact) mass is 356 g/mol. The van der Waals surface area contributed by atoms with E-state index in [1.807, 2.05) is 30.1 Å². The smallest absolute Gasteiger partial charge is 0.246 e. The van der Waals surface area contributed by atoms with Crippen molar-refractivity contribution >= 4 is 28.9 Å². The minimum Gasteiger partial charge on any atom is -0.347 e. The van der Waals surface area contributed by atoms with Crippen LogP contribution in [0.25, 0.3) is 0 Å². The van der Waals surface area contributed by atoms with Gasteiger partial charge in [-0.3, -0.25) is 9.79 Å². The molecule has 0 saturated heterocycles. The molecule has 0 radical (unpaired) electrons. The summed E-state index contributed by atoms with van der Waals surface area (Å²) in [6.45, 7) is 1.87. The van der Waals surface area contributed by atoms with Crippen molar-refractivity contribution < 1.29 is 4.79 Å². The molecule has 2 heterocycles. The van der Waals surface area contributed by atoms with Gasteiger partial charge in [-0.15, -0.1) is 11.3 Å². The summed E-state index contributed by atoms with van der Waals surface area (Å²) in [5, 5.41) is 5.29. The number of carbonyl (C=O) groups is 1. The van der Waals surface area contributed by atoms with Crippen molar-refractivity contribution in [3.63, 3.8) is 0 Å². The number of anilines is 1. The summed E-state index contributed by atoms with van der Waals surface area (Å²) < 4.78 is 0. The Hall–Kier alpha value is -2.34. The number of nitrogens with zero attached hydrogens (tertiary/aromatic N) is 3. The molecule has 2 aromatic rings. The lowest BCUT2D eigenvalue weighted by atomic mass is 10.2. The Morgan fingerprint density at radius 1 is 1.32 bits per heavy atom. The van der Waals surface area contributed by atoms with Gasteiger partial charge in [0.1, 0.15) is 0 Å². The first-order chi connectivity index (χ1) is 12.2. The zero-order valence-electron chi connectivity index (χ0n) is 14.7. The fourth-order valence-electron chi connectivity index (χ4n) is 3.07. The third-order valence-electron chi connectivity index (χ3n) is 4.43. The highest BCUT2D eigenvalue weighted by Crippen LogP contribution is 2.27. The van der Waals surface area contributed by atoms with Crippen molar-refractivity contribution in [3.8, 4) is 0 Å². The molecule has 1 N–H and O–H groups in total. The largest absolute Gasteiger partial charge is 0.347 e. The molecule has 1 aromatic carbocycles. The van der Waals surface area contributed by atoms with Crippen LogP contribution in [0.2, 0.25) is 0 Å². The minimum absolute atomic E-state index is 0.0813. The molecule has 0 aliphatic carbocycles. The second-order valence-corrected chi connectivity index (χ2v) is 7.11. The van der Waals surface area contributed by atoms with E-state index in [0.717, 1.165) is 37.6 Å². The van der Waals surface area contributed by atoms with Crippen LogP contribution in [0, 0.1) is 0 Å². The molecule has 6 heteroatoms. The van der Waals surface area contributed by atoms with Crippen LogP contribution >= 0.6 is 11.3 Å². The highest BCUT2D eigenvalue weighted by Gasteiger charge is 2.24. The van der Waals surface area contributed by atoms with Gasteiger partial charge in [-0.1, -0.05) is 24.3 Å². The van der Waals surface area contributed by atoms with E-state index in [2.05, 4.69) is 38.8 Å². The van der Waals surface area contributed by atoms with Crippen LogP contribution < -0.4 is 10.2 Å². The molecular weight excluding hydrogens is 332 g/mol. The van der Waals surface area contributed by atoms with Crippen molar-refractivity contribution in [1.29, 1.82) is 0 Å². The van der Waals surface area contributed by atoms with Crippen LogP contribution in [0.15, 0.2) is 46.8 Å². The van der Waals surface area contributed by atoms with Gasteiger partial charge in [0.25, 0.3) is 0 Å². The van der Waals surface area contributed by atoms with E-state index in [1.165, 1.54) is 10.4 Å². The SMILES string of the molecule is CN=C(NCC(=O)N1CCc2ccccc21)N(C)CCc1cccs1. The van der Waals surface area contributed by atoms with Crippen LogP contribution in [0.3, 0.4) is 0 Å². The number of fused-ring (bicyclic) bond motifs is 1. The number of nitrogens with one attached hydrogen (secondary N) is 1. The van der Waals surface area contributed by atoms with Gasteiger partial charge in [-0.25, -0.2) is 0 Å². The van der Waals surface area contributed by atoms with E-state index in [4.69, 9.17) is 0 Å². The van der Waals surface area contributed by atoms with Gasteiger partial charge in [0, 0.05) is 37.7 Å². The molecule has 5 nitrogen and oxygen atoms in total. The molecule has 0 saturated carbocycles. The minimum atomic E-state index is 0.0813. The zero-order chi connectivity index (χ0) is 17.6. The number of thiophene rings is 1. The number of carbonyl (C=O) groups excluding carboxylic acids is 1. The second-order valence-electron chi connectivity index (χ2n) is 6.08. The van der Waals surface area contributed by atoms with Gasteiger partial charge in [0.2, 0.25) is 5.91 Å².